The minimum absolute atomic E-state index is 0.246. The Labute approximate surface area is 176 Å². The maximum atomic E-state index is 5.73. The van der Waals surface area contributed by atoms with Crippen molar-refractivity contribution in [2.24, 2.45) is 4.99 Å². The van der Waals surface area contributed by atoms with E-state index in [4.69, 9.17) is 14.2 Å². The summed E-state index contributed by atoms with van der Waals surface area (Å²) in [5.41, 5.74) is 0.878. The van der Waals surface area contributed by atoms with Crippen LogP contribution in [0.25, 0.3) is 0 Å². The van der Waals surface area contributed by atoms with Gasteiger partial charge in [0.15, 0.2) is 17.5 Å². The molecule has 8 heteroatoms. The maximum absolute atomic E-state index is 5.73. The van der Waals surface area contributed by atoms with Crippen LogP contribution in [0.4, 0.5) is 5.69 Å². The highest BCUT2D eigenvalue weighted by Crippen LogP contribution is 2.30. The Morgan fingerprint density at radius 1 is 1.31 bits per heavy atom. The van der Waals surface area contributed by atoms with E-state index in [0.29, 0.717) is 17.5 Å². The van der Waals surface area contributed by atoms with E-state index in [9.17, 15) is 0 Å². The predicted octanol–water partition coefficient (Wildman–Crippen LogP) is 3.21. The summed E-state index contributed by atoms with van der Waals surface area (Å²) in [7, 11) is 5.03. The maximum Gasteiger partial charge on any atom is 0.195 e. The first-order valence-electron chi connectivity index (χ1n) is 9.73. The van der Waals surface area contributed by atoms with E-state index in [1.807, 2.05) is 18.2 Å². The summed E-state index contributed by atoms with van der Waals surface area (Å²) in [4.78, 5) is 8.20. The van der Waals surface area contributed by atoms with Crippen LogP contribution in [0.2, 0.25) is 0 Å². The van der Waals surface area contributed by atoms with Crippen LogP contribution in [0.1, 0.15) is 17.8 Å². The van der Waals surface area contributed by atoms with E-state index in [0.717, 1.165) is 31.9 Å². The van der Waals surface area contributed by atoms with Crippen molar-refractivity contribution in [1.29, 1.82) is 0 Å². The topological polar surface area (TPSA) is 67.4 Å². The normalized spacial score (nSPS) is 18.9. The Kier molecular flexibility index (Phi) is 7.74. The molecule has 0 saturated carbocycles. The standard InChI is InChI=1S/C21H30N4O3S/c1-15-14-25(9-10-28-15)17(20-6-5-11-29-20)13-23-21(22-2)24-16-7-8-18(26-3)19(12-16)27-4/h5-8,11-12,15,17H,9-10,13-14H2,1-4H3,(H2,22,23,24). The molecule has 1 aromatic heterocycles. The van der Waals surface area contributed by atoms with E-state index >= 15 is 0 Å². The molecule has 29 heavy (non-hydrogen) atoms. The van der Waals surface area contributed by atoms with Crippen molar-refractivity contribution >= 4 is 23.0 Å². The molecule has 1 saturated heterocycles. The first-order chi connectivity index (χ1) is 14.1. The summed E-state index contributed by atoms with van der Waals surface area (Å²) in [5.74, 6) is 2.08. The van der Waals surface area contributed by atoms with Crippen LogP contribution in [0.15, 0.2) is 40.7 Å². The van der Waals surface area contributed by atoms with Gasteiger partial charge in [-0.25, -0.2) is 0 Å². The number of ether oxygens (including phenoxy) is 3. The number of guanidine groups is 1. The Bertz CT molecular complexity index is 797. The molecule has 0 aliphatic carbocycles. The third-order valence-electron chi connectivity index (χ3n) is 4.92. The summed E-state index contributed by atoms with van der Waals surface area (Å²) >= 11 is 1.78. The van der Waals surface area contributed by atoms with Gasteiger partial charge in [-0.15, -0.1) is 11.3 Å². The van der Waals surface area contributed by atoms with Crippen LogP contribution in [-0.2, 0) is 4.74 Å². The summed E-state index contributed by atoms with van der Waals surface area (Å²) in [6, 6.07) is 10.3. The lowest BCUT2D eigenvalue weighted by Crippen LogP contribution is -2.47. The van der Waals surface area contributed by atoms with Crippen molar-refractivity contribution in [1.82, 2.24) is 10.2 Å². The second-order valence-electron chi connectivity index (χ2n) is 6.86. The average molecular weight is 419 g/mol. The molecule has 7 nitrogen and oxygen atoms in total. The second kappa shape index (κ2) is 10.5. The number of aliphatic imine (C=N–C) groups is 1. The number of morpholine rings is 1. The van der Waals surface area contributed by atoms with Crippen molar-refractivity contribution in [2.45, 2.75) is 19.1 Å². The monoisotopic (exact) mass is 418 g/mol. The molecular weight excluding hydrogens is 388 g/mol. The zero-order chi connectivity index (χ0) is 20.6. The Morgan fingerprint density at radius 3 is 2.79 bits per heavy atom. The van der Waals surface area contributed by atoms with Crippen LogP contribution in [0.5, 0.6) is 11.5 Å². The van der Waals surface area contributed by atoms with Crippen molar-refractivity contribution in [3.63, 3.8) is 0 Å². The summed E-state index contributed by atoms with van der Waals surface area (Å²) in [5, 5.41) is 8.93. The highest BCUT2D eigenvalue weighted by molar-refractivity contribution is 7.10. The van der Waals surface area contributed by atoms with Crippen LogP contribution < -0.4 is 20.1 Å². The van der Waals surface area contributed by atoms with Gasteiger partial charge in [0.2, 0.25) is 0 Å². The van der Waals surface area contributed by atoms with Gasteiger partial charge in [-0.05, 0) is 30.5 Å². The van der Waals surface area contributed by atoms with E-state index in [1.165, 1.54) is 4.88 Å². The van der Waals surface area contributed by atoms with E-state index < -0.39 is 0 Å². The van der Waals surface area contributed by atoms with Crippen LogP contribution >= 0.6 is 11.3 Å². The van der Waals surface area contributed by atoms with Crippen molar-refractivity contribution in [3.05, 3.63) is 40.6 Å². The van der Waals surface area contributed by atoms with Gasteiger partial charge in [-0.2, -0.15) is 0 Å². The van der Waals surface area contributed by atoms with Gasteiger partial charge in [0.25, 0.3) is 0 Å². The molecule has 0 bridgehead atoms. The molecule has 158 valence electrons. The molecular formula is C21H30N4O3S. The third-order valence-corrected chi connectivity index (χ3v) is 5.89. The molecule has 2 atom stereocenters. The van der Waals surface area contributed by atoms with Gasteiger partial charge < -0.3 is 24.8 Å². The second-order valence-corrected chi connectivity index (χ2v) is 7.83. The largest absolute Gasteiger partial charge is 0.493 e. The first kappa shape index (κ1) is 21.4. The fraction of sp³-hybridized carbons (Fsp3) is 0.476. The van der Waals surface area contributed by atoms with Crippen molar-refractivity contribution < 1.29 is 14.2 Å². The van der Waals surface area contributed by atoms with Crippen LogP contribution in [0, 0.1) is 0 Å². The molecule has 2 aromatic rings. The summed E-state index contributed by atoms with van der Waals surface area (Å²) in [6.45, 7) is 5.49. The molecule has 1 fully saturated rings. The van der Waals surface area contributed by atoms with E-state index in [2.05, 4.69) is 45.0 Å². The van der Waals surface area contributed by atoms with E-state index in [1.54, 1.807) is 32.6 Å². The van der Waals surface area contributed by atoms with Gasteiger partial charge in [-0.1, -0.05) is 6.07 Å². The molecule has 2 N–H and O–H groups in total. The third kappa shape index (κ3) is 5.62. The SMILES string of the molecule is CN=C(NCC(c1cccs1)N1CCOC(C)C1)Nc1ccc(OC)c(OC)c1. The number of hydrogen-bond acceptors (Lipinski definition) is 6. The lowest BCUT2D eigenvalue weighted by molar-refractivity contribution is -0.0333. The number of methoxy groups -OCH3 is 2. The fourth-order valence-electron chi connectivity index (χ4n) is 3.44. The molecule has 2 unspecified atom stereocenters. The fourth-order valence-corrected chi connectivity index (χ4v) is 4.30. The number of anilines is 1. The lowest BCUT2D eigenvalue weighted by atomic mass is 10.1. The molecule has 1 aliphatic rings. The molecule has 0 spiro atoms. The molecule has 1 aromatic carbocycles. The zero-order valence-corrected chi connectivity index (χ0v) is 18.3. The zero-order valence-electron chi connectivity index (χ0n) is 17.5. The number of nitrogens with zero attached hydrogens (tertiary/aromatic N) is 2. The Hall–Kier alpha value is -2.29. The highest BCUT2D eigenvalue weighted by Gasteiger charge is 2.26. The number of benzene rings is 1. The summed E-state index contributed by atoms with van der Waals surface area (Å²) < 4.78 is 16.4. The summed E-state index contributed by atoms with van der Waals surface area (Å²) in [6.07, 6.45) is 0.246. The lowest BCUT2D eigenvalue weighted by Gasteiger charge is -2.37. The van der Waals surface area contributed by atoms with Crippen molar-refractivity contribution in [3.8, 4) is 11.5 Å². The predicted molar refractivity (Wildman–Crippen MR) is 119 cm³/mol. The molecule has 0 amide bonds. The van der Waals surface area contributed by atoms with Gasteiger partial charge >= 0.3 is 0 Å². The van der Waals surface area contributed by atoms with Crippen molar-refractivity contribution in [2.75, 3.05) is 52.8 Å². The quantitative estimate of drug-likeness (QED) is 0.532. The molecule has 1 aliphatic heterocycles. The molecule has 2 heterocycles. The minimum Gasteiger partial charge on any atom is -0.493 e. The minimum atomic E-state index is 0.246. The van der Waals surface area contributed by atoms with Gasteiger partial charge in [0.05, 0.1) is 33.0 Å². The first-order valence-corrected chi connectivity index (χ1v) is 10.6. The van der Waals surface area contributed by atoms with Gasteiger partial charge in [0, 0.05) is 43.3 Å². The highest BCUT2D eigenvalue weighted by atomic mass is 32.1. The Balaban J connectivity index is 1.67. The molecule has 0 radical (unpaired) electrons. The van der Waals surface area contributed by atoms with E-state index in [-0.39, 0.29) is 12.1 Å². The Morgan fingerprint density at radius 2 is 2.14 bits per heavy atom. The number of nitrogens with one attached hydrogen (secondary N) is 2. The van der Waals surface area contributed by atoms with Crippen LogP contribution in [0.3, 0.4) is 0 Å². The molecule has 3 rings (SSSR count). The van der Waals surface area contributed by atoms with Gasteiger partial charge in [-0.3, -0.25) is 9.89 Å². The number of rotatable bonds is 7. The average Bonchev–Trinajstić information content (AvgIpc) is 3.27. The van der Waals surface area contributed by atoms with Gasteiger partial charge in [0.1, 0.15) is 0 Å². The number of hydrogen-bond donors (Lipinski definition) is 2. The van der Waals surface area contributed by atoms with Crippen LogP contribution in [-0.4, -0.2) is 64.5 Å². The number of thiophene rings is 1. The smallest absolute Gasteiger partial charge is 0.195 e.